The zero-order chi connectivity index (χ0) is 15.1. The summed E-state index contributed by atoms with van der Waals surface area (Å²) < 4.78 is 4.69. The molecule has 0 aromatic heterocycles. The van der Waals surface area contributed by atoms with Crippen LogP contribution in [0.15, 0.2) is 36.9 Å². The van der Waals surface area contributed by atoms with Crippen molar-refractivity contribution in [3.8, 4) is 0 Å². The number of hydrogen-bond acceptors (Lipinski definition) is 3. The topological polar surface area (TPSA) is 46.6 Å². The van der Waals surface area contributed by atoms with Crippen LogP contribution in [0.1, 0.15) is 22.8 Å². The van der Waals surface area contributed by atoms with Crippen molar-refractivity contribution in [3.63, 3.8) is 0 Å². The number of methoxy groups -OCH3 is 1. The fourth-order valence-electron chi connectivity index (χ4n) is 1.88. The number of carbonyl (C=O) groups is 2. The Bertz CT molecular complexity index is 479. The summed E-state index contributed by atoms with van der Waals surface area (Å²) in [4.78, 5) is 25.5. The molecule has 0 aliphatic rings. The lowest BCUT2D eigenvalue weighted by Gasteiger charge is -2.23. The standard InChI is InChI=1S/C16H21NO3/c1-5-10-17(11-13(3)16(19)20-4)15(18)14-8-6-12(2)7-9-14/h5-9,13H,1,10-11H2,2-4H3. The van der Waals surface area contributed by atoms with Crippen molar-refractivity contribution in [2.45, 2.75) is 13.8 Å². The van der Waals surface area contributed by atoms with Crippen LogP contribution >= 0.6 is 0 Å². The molecule has 0 aliphatic heterocycles. The Morgan fingerprint density at radius 2 is 1.95 bits per heavy atom. The molecule has 20 heavy (non-hydrogen) atoms. The van der Waals surface area contributed by atoms with Crippen LogP contribution in [0.2, 0.25) is 0 Å². The maximum Gasteiger partial charge on any atom is 0.310 e. The molecule has 4 heteroatoms. The van der Waals surface area contributed by atoms with Gasteiger partial charge in [-0.3, -0.25) is 9.59 Å². The molecule has 1 aromatic carbocycles. The van der Waals surface area contributed by atoms with Gasteiger partial charge in [-0.1, -0.05) is 30.7 Å². The molecule has 0 aliphatic carbocycles. The first-order valence-corrected chi connectivity index (χ1v) is 6.54. The molecule has 0 saturated carbocycles. The molecule has 1 atom stereocenters. The van der Waals surface area contributed by atoms with Crippen molar-refractivity contribution in [1.82, 2.24) is 4.90 Å². The van der Waals surface area contributed by atoms with Gasteiger partial charge in [-0.2, -0.15) is 0 Å². The first-order chi connectivity index (χ1) is 9.49. The Hall–Kier alpha value is -2.10. The van der Waals surface area contributed by atoms with Crippen molar-refractivity contribution >= 4 is 11.9 Å². The summed E-state index contributed by atoms with van der Waals surface area (Å²) in [6.45, 7) is 8.07. The number of rotatable bonds is 6. The SMILES string of the molecule is C=CCN(CC(C)C(=O)OC)C(=O)c1ccc(C)cc1. The molecule has 0 heterocycles. The van der Waals surface area contributed by atoms with E-state index in [0.29, 0.717) is 18.7 Å². The summed E-state index contributed by atoms with van der Waals surface area (Å²) in [7, 11) is 1.35. The Labute approximate surface area is 120 Å². The van der Waals surface area contributed by atoms with Gasteiger partial charge in [0.25, 0.3) is 5.91 Å². The predicted octanol–water partition coefficient (Wildman–Crippen LogP) is 2.43. The van der Waals surface area contributed by atoms with E-state index in [0.717, 1.165) is 5.56 Å². The number of amides is 1. The van der Waals surface area contributed by atoms with E-state index in [2.05, 4.69) is 11.3 Å². The lowest BCUT2D eigenvalue weighted by molar-refractivity contribution is -0.145. The third-order valence-electron chi connectivity index (χ3n) is 3.03. The van der Waals surface area contributed by atoms with Gasteiger partial charge in [0, 0.05) is 18.7 Å². The van der Waals surface area contributed by atoms with Crippen LogP contribution in [-0.2, 0) is 9.53 Å². The molecular formula is C16H21NO3. The van der Waals surface area contributed by atoms with E-state index in [9.17, 15) is 9.59 Å². The fraction of sp³-hybridized carbons (Fsp3) is 0.375. The molecule has 1 aromatic rings. The molecule has 0 radical (unpaired) electrons. The third-order valence-corrected chi connectivity index (χ3v) is 3.03. The summed E-state index contributed by atoms with van der Waals surface area (Å²) in [6, 6.07) is 7.36. The van der Waals surface area contributed by atoms with E-state index < -0.39 is 0 Å². The summed E-state index contributed by atoms with van der Waals surface area (Å²) in [5.41, 5.74) is 1.70. The molecule has 108 valence electrons. The van der Waals surface area contributed by atoms with E-state index >= 15 is 0 Å². The average Bonchev–Trinajstić information content (AvgIpc) is 2.45. The Kier molecular flexibility index (Phi) is 5.97. The Morgan fingerprint density at radius 1 is 1.35 bits per heavy atom. The minimum atomic E-state index is -0.366. The first kappa shape index (κ1) is 16.0. The van der Waals surface area contributed by atoms with E-state index in [-0.39, 0.29) is 17.8 Å². The minimum absolute atomic E-state index is 0.111. The highest BCUT2D eigenvalue weighted by Crippen LogP contribution is 2.10. The molecular weight excluding hydrogens is 254 g/mol. The highest BCUT2D eigenvalue weighted by Gasteiger charge is 2.21. The van der Waals surface area contributed by atoms with Gasteiger partial charge < -0.3 is 9.64 Å². The van der Waals surface area contributed by atoms with Gasteiger partial charge >= 0.3 is 5.97 Å². The van der Waals surface area contributed by atoms with Crippen molar-refractivity contribution in [1.29, 1.82) is 0 Å². The van der Waals surface area contributed by atoms with Crippen LogP contribution in [0.4, 0.5) is 0 Å². The summed E-state index contributed by atoms with van der Waals surface area (Å²) in [5, 5.41) is 0. The van der Waals surface area contributed by atoms with Crippen molar-refractivity contribution in [2.75, 3.05) is 20.2 Å². The molecule has 0 fully saturated rings. The number of hydrogen-bond donors (Lipinski definition) is 0. The number of carbonyl (C=O) groups excluding carboxylic acids is 2. The molecule has 4 nitrogen and oxygen atoms in total. The van der Waals surface area contributed by atoms with Gasteiger partial charge in [-0.15, -0.1) is 6.58 Å². The monoisotopic (exact) mass is 275 g/mol. The van der Waals surface area contributed by atoms with E-state index in [4.69, 9.17) is 0 Å². The van der Waals surface area contributed by atoms with Crippen LogP contribution in [-0.4, -0.2) is 37.0 Å². The summed E-state index contributed by atoms with van der Waals surface area (Å²) in [6.07, 6.45) is 1.65. The number of benzene rings is 1. The second kappa shape index (κ2) is 7.48. The van der Waals surface area contributed by atoms with Gasteiger partial charge in [0.2, 0.25) is 0 Å². The quantitative estimate of drug-likeness (QED) is 0.591. The second-order valence-corrected chi connectivity index (χ2v) is 4.79. The van der Waals surface area contributed by atoms with Gasteiger partial charge in [0.05, 0.1) is 13.0 Å². The van der Waals surface area contributed by atoms with Crippen LogP contribution in [0, 0.1) is 12.8 Å². The largest absolute Gasteiger partial charge is 0.469 e. The minimum Gasteiger partial charge on any atom is -0.469 e. The first-order valence-electron chi connectivity index (χ1n) is 6.54. The normalized spacial score (nSPS) is 11.6. The zero-order valence-electron chi connectivity index (χ0n) is 12.3. The fourth-order valence-corrected chi connectivity index (χ4v) is 1.88. The molecule has 1 amide bonds. The Morgan fingerprint density at radius 3 is 2.45 bits per heavy atom. The molecule has 0 bridgehead atoms. The van der Waals surface area contributed by atoms with Gasteiger partial charge in [0.15, 0.2) is 0 Å². The maximum atomic E-state index is 12.4. The molecule has 0 N–H and O–H groups in total. The Balaban J connectivity index is 2.84. The van der Waals surface area contributed by atoms with Crippen LogP contribution < -0.4 is 0 Å². The van der Waals surface area contributed by atoms with Gasteiger partial charge in [0.1, 0.15) is 0 Å². The van der Waals surface area contributed by atoms with Gasteiger partial charge in [-0.25, -0.2) is 0 Å². The highest BCUT2D eigenvalue weighted by atomic mass is 16.5. The van der Waals surface area contributed by atoms with Crippen LogP contribution in [0.25, 0.3) is 0 Å². The number of nitrogens with zero attached hydrogens (tertiary/aromatic N) is 1. The summed E-state index contributed by atoms with van der Waals surface area (Å²) >= 11 is 0. The van der Waals surface area contributed by atoms with E-state index in [1.807, 2.05) is 19.1 Å². The molecule has 1 rings (SSSR count). The van der Waals surface area contributed by atoms with Crippen LogP contribution in [0.3, 0.4) is 0 Å². The van der Waals surface area contributed by atoms with Crippen molar-refractivity contribution in [3.05, 3.63) is 48.0 Å². The molecule has 1 unspecified atom stereocenters. The predicted molar refractivity (Wildman–Crippen MR) is 78.5 cm³/mol. The maximum absolute atomic E-state index is 12.4. The lowest BCUT2D eigenvalue weighted by atomic mass is 10.1. The average molecular weight is 275 g/mol. The van der Waals surface area contributed by atoms with Crippen LogP contribution in [0.5, 0.6) is 0 Å². The lowest BCUT2D eigenvalue weighted by Crippen LogP contribution is -2.37. The van der Waals surface area contributed by atoms with Crippen molar-refractivity contribution < 1.29 is 14.3 Å². The van der Waals surface area contributed by atoms with Gasteiger partial charge in [-0.05, 0) is 19.1 Å². The molecule has 0 spiro atoms. The number of aryl methyl sites for hydroxylation is 1. The third kappa shape index (κ3) is 4.23. The highest BCUT2D eigenvalue weighted by molar-refractivity contribution is 5.94. The molecule has 0 saturated heterocycles. The van der Waals surface area contributed by atoms with Crippen molar-refractivity contribution in [2.24, 2.45) is 5.92 Å². The smallest absolute Gasteiger partial charge is 0.310 e. The number of esters is 1. The van der Waals surface area contributed by atoms with E-state index in [1.165, 1.54) is 7.11 Å². The van der Waals surface area contributed by atoms with E-state index in [1.54, 1.807) is 30.0 Å². The second-order valence-electron chi connectivity index (χ2n) is 4.79. The summed E-state index contributed by atoms with van der Waals surface area (Å²) in [5.74, 6) is -0.800. The number of ether oxygens (including phenoxy) is 1. The zero-order valence-corrected chi connectivity index (χ0v) is 12.3.